The Morgan fingerprint density at radius 2 is 0.714 bits per heavy atom. The van der Waals surface area contributed by atoms with Crippen molar-refractivity contribution >= 4 is 54.6 Å². The van der Waals surface area contributed by atoms with Crippen molar-refractivity contribution in [3.8, 4) is 0 Å². The lowest BCUT2D eigenvalue weighted by Crippen LogP contribution is -2.67. The van der Waals surface area contributed by atoms with Crippen LogP contribution in [0.2, 0.25) is 0 Å². The van der Waals surface area contributed by atoms with Gasteiger partial charge in [0.2, 0.25) is 0 Å². The van der Waals surface area contributed by atoms with Gasteiger partial charge >= 0.3 is 59.2 Å². The van der Waals surface area contributed by atoms with Gasteiger partial charge in [0.05, 0.1) is 0 Å². The normalized spacial score (nSPS) is 15.3. The van der Waals surface area contributed by atoms with Crippen LogP contribution < -0.4 is 0 Å². The molecule has 6 rings (SSSR count). The molecule has 2 aromatic heterocycles. The minimum absolute atomic E-state index is 0.0425. The lowest BCUT2D eigenvalue weighted by atomic mass is 9.83. The third kappa shape index (κ3) is 4.97. The highest BCUT2D eigenvalue weighted by atomic mass is 19.4. The third-order valence-corrected chi connectivity index (χ3v) is 9.25. The number of alkyl halides is 20. The van der Waals surface area contributed by atoms with Crippen LogP contribution in [0.15, 0.2) is 69.5 Å². The second kappa shape index (κ2) is 11.5. The maximum atomic E-state index is 15.9. The summed E-state index contributed by atoms with van der Waals surface area (Å²) >= 11 is 0. The SMILES string of the molecule is CC(F)(F)C(F)(F)C(F)(F)C(F)(F)C(F)(F)c1cc2oc3ccc4c(ccc5oc6ccccc6c54)c3c2cc1C(F)(F)C(F)(F)C(F)(F)C(F)(F)C(C)(F)F. The van der Waals surface area contributed by atoms with Crippen molar-refractivity contribution in [1.29, 1.82) is 0 Å². The molecular formula is C34H16F20O2. The first-order valence-electron chi connectivity index (χ1n) is 15.1. The summed E-state index contributed by atoms with van der Waals surface area (Å²) < 4.78 is 303. The second-order valence-electron chi connectivity index (χ2n) is 12.9. The van der Waals surface area contributed by atoms with Gasteiger partial charge in [-0.3, -0.25) is 0 Å². The number of benzene rings is 4. The Hall–Kier alpha value is -4.66. The van der Waals surface area contributed by atoms with E-state index in [1.807, 2.05) is 0 Å². The van der Waals surface area contributed by atoms with Crippen LogP contribution in [0.5, 0.6) is 0 Å². The summed E-state index contributed by atoms with van der Waals surface area (Å²) in [6.45, 7) is -2.32. The number of furan rings is 2. The molecule has 0 radical (unpaired) electrons. The van der Waals surface area contributed by atoms with Gasteiger partial charge in [-0.15, -0.1) is 0 Å². The molecule has 2 heterocycles. The van der Waals surface area contributed by atoms with Gasteiger partial charge in [0.25, 0.3) is 0 Å². The van der Waals surface area contributed by atoms with Crippen LogP contribution >= 0.6 is 0 Å². The molecule has 6 aromatic rings. The summed E-state index contributed by atoms with van der Waals surface area (Å²) in [7, 11) is 0. The van der Waals surface area contributed by atoms with Gasteiger partial charge < -0.3 is 8.83 Å². The van der Waals surface area contributed by atoms with Crippen LogP contribution in [0.3, 0.4) is 0 Å². The molecule has 0 saturated carbocycles. The average Bonchev–Trinajstić information content (AvgIpc) is 3.64. The van der Waals surface area contributed by atoms with Gasteiger partial charge in [-0.25, -0.2) is 0 Å². The second-order valence-corrected chi connectivity index (χ2v) is 12.9. The van der Waals surface area contributed by atoms with Crippen molar-refractivity contribution < 1.29 is 96.6 Å². The Kier molecular flexibility index (Phi) is 8.40. The minimum atomic E-state index is -8.07. The number of halogens is 20. The summed E-state index contributed by atoms with van der Waals surface area (Å²) in [6, 6.07) is 8.67. The molecular weight excluding hydrogens is 820 g/mol. The van der Waals surface area contributed by atoms with Crippen molar-refractivity contribution in [1.82, 2.24) is 0 Å². The van der Waals surface area contributed by atoms with Crippen LogP contribution in [0.4, 0.5) is 87.8 Å². The largest absolute Gasteiger partial charge is 0.456 e. The zero-order valence-electron chi connectivity index (χ0n) is 27.1. The number of fused-ring (bicyclic) bond motifs is 9. The molecule has 0 aliphatic carbocycles. The van der Waals surface area contributed by atoms with E-state index in [2.05, 4.69) is 0 Å². The average molecular weight is 836 g/mol. The molecule has 22 heteroatoms. The quantitative estimate of drug-likeness (QED) is 0.129. The Labute approximate surface area is 296 Å². The first-order valence-corrected chi connectivity index (χ1v) is 15.1. The van der Waals surface area contributed by atoms with Gasteiger partial charge in [0, 0.05) is 46.5 Å². The molecule has 56 heavy (non-hydrogen) atoms. The Balaban J connectivity index is 1.74. The van der Waals surface area contributed by atoms with E-state index in [0.29, 0.717) is 5.39 Å². The van der Waals surface area contributed by atoms with Crippen LogP contribution in [-0.4, -0.2) is 47.4 Å². The fraction of sp³-hybridized carbons (Fsp3) is 0.353. The first-order chi connectivity index (χ1) is 25.1. The molecule has 0 amide bonds. The predicted octanol–water partition coefficient (Wildman–Crippen LogP) is 13.9. The fourth-order valence-electron chi connectivity index (χ4n) is 6.15. The highest BCUT2D eigenvalue weighted by Crippen LogP contribution is 2.64. The number of hydrogen-bond donors (Lipinski definition) is 0. The molecule has 0 saturated heterocycles. The topological polar surface area (TPSA) is 26.3 Å². The van der Waals surface area contributed by atoms with E-state index >= 15 is 35.1 Å². The molecule has 0 bridgehead atoms. The standard InChI is InChI=1S/C34H16F20O2/c1-25(35,36)29(43,44)33(51,52)31(47,48)27(39,40)17-11-16-22(12-18(17)28(41,42)32(49,50)34(53,54)30(45,46)26(2,37)38)56-21-10-7-13-14(24(16)21)8-9-20-23(13)15-5-3-4-6-19(15)55-20/h3-12H,1-2H3. The van der Waals surface area contributed by atoms with Crippen molar-refractivity contribution in [2.75, 3.05) is 0 Å². The van der Waals surface area contributed by atoms with Crippen LogP contribution in [-0.2, 0) is 11.8 Å². The van der Waals surface area contributed by atoms with Gasteiger partial charge in [-0.2, -0.15) is 87.8 Å². The van der Waals surface area contributed by atoms with Crippen LogP contribution in [0.25, 0.3) is 54.6 Å². The summed E-state index contributed by atoms with van der Waals surface area (Å²) in [4.78, 5) is 0. The van der Waals surface area contributed by atoms with E-state index in [0.717, 1.165) is 12.1 Å². The monoisotopic (exact) mass is 836 g/mol. The fourth-order valence-corrected chi connectivity index (χ4v) is 6.15. The Morgan fingerprint density at radius 3 is 1.14 bits per heavy atom. The number of rotatable bonds is 10. The molecule has 0 N–H and O–H groups in total. The molecule has 0 aliphatic heterocycles. The van der Waals surface area contributed by atoms with Crippen LogP contribution in [0.1, 0.15) is 25.0 Å². The molecule has 0 unspecified atom stereocenters. The highest BCUT2D eigenvalue weighted by molar-refractivity contribution is 6.27. The predicted molar refractivity (Wildman–Crippen MR) is 157 cm³/mol. The maximum Gasteiger partial charge on any atom is 0.384 e. The molecule has 2 nitrogen and oxygen atoms in total. The number of hydrogen-bond acceptors (Lipinski definition) is 2. The minimum Gasteiger partial charge on any atom is -0.456 e. The summed E-state index contributed by atoms with van der Waals surface area (Å²) in [6.07, 6.45) is 0. The van der Waals surface area contributed by atoms with E-state index in [-0.39, 0.29) is 27.3 Å². The summed E-state index contributed by atoms with van der Waals surface area (Å²) in [5, 5.41) is -1.51. The molecule has 0 aliphatic rings. The molecule has 4 aromatic carbocycles. The van der Waals surface area contributed by atoms with E-state index < -0.39 is 118 Å². The lowest BCUT2D eigenvalue weighted by molar-refractivity contribution is -0.406. The van der Waals surface area contributed by atoms with E-state index in [4.69, 9.17) is 8.83 Å². The van der Waals surface area contributed by atoms with Crippen molar-refractivity contribution in [3.05, 3.63) is 71.8 Å². The van der Waals surface area contributed by atoms with Gasteiger partial charge in [0.15, 0.2) is 0 Å². The smallest absolute Gasteiger partial charge is 0.384 e. The molecule has 0 atom stereocenters. The highest BCUT2D eigenvalue weighted by Gasteiger charge is 2.88. The van der Waals surface area contributed by atoms with Crippen molar-refractivity contribution in [3.63, 3.8) is 0 Å². The van der Waals surface area contributed by atoms with Gasteiger partial charge in [-0.05, 0) is 53.2 Å². The summed E-state index contributed by atoms with van der Waals surface area (Å²) in [5.74, 6) is -74.9. The van der Waals surface area contributed by atoms with Crippen molar-refractivity contribution in [2.45, 2.75) is 73.1 Å². The van der Waals surface area contributed by atoms with Gasteiger partial charge in [-0.1, -0.05) is 18.2 Å². The Bertz CT molecular complexity index is 2530. The zero-order valence-corrected chi connectivity index (χ0v) is 27.1. The summed E-state index contributed by atoms with van der Waals surface area (Å²) in [5.41, 5.74) is -9.24. The number of para-hydroxylation sites is 1. The Morgan fingerprint density at radius 1 is 0.339 bits per heavy atom. The molecule has 304 valence electrons. The van der Waals surface area contributed by atoms with Crippen molar-refractivity contribution in [2.24, 2.45) is 0 Å². The third-order valence-electron chi connectivity index (χ3n) is 9.25. The first kappa shape index (κ1) is 41.0. The maximum absolute atomic E-state index is 15.9. The molecule has 0 spiro atoms. The zero-order chi connectivity index (χ0) is 42.4. The van der Waals surface area contributed by atoms with Gasteiger partial charge in [0.1, 0.15) is 22.3 Å². The lowest BCUT2D eigenvalue weighted by Gasteiger charge is -2.41. The van der Waals surface area contributed by atoms with E-state index in [1.54, 1.807) is 0 Å². The van der Waals surface area contributed by atoms with E-state index in [1.165, 1.54) is 36.4 Å². The van der Waals surface area contributed by atoms with Crippen LogP contribution in [0, 0.1) is 0 Å². The molecule has 0 fully saturated rings. The van der Waals surface area contributed by atoms with E-state index in [9.17, 15) is 52.7 Å².